The van der Waals surface area contributed by atoms with Crippen molar-refractivity contribution < 1.29 is 48.0 Å². The van der Waals surface area contributed by atoms with Crippen molar-refractivity contribution >= 4 is 23.9 Å². The Balaban J connectivity index is 1.58. The summed E-state index contributed by atoms with van der Waals surface area (Å²) in [7, 11) is 0. The molecule has 0 radical (unpaired) electrons. The van der Waals surface area contributed by atoms with Crippen molar-refractivity contribution in [3.8, 4) is 0 Å². The highest BCUT2D eigenvalue weighted by atomic mass is 16.7. The quantitative estimate of drug-likeness (QED) is 0.314. The minimum Gasteiger partial charge on any atom is -0.480 e. The SMILES string of the molecule is O=C(O)CO[C@H]1O[C@H](COC(=O)c2ccccc2)[C@@H](OC(=O)c2ccccc2)[C@H]1OC(=O)c1ccccc1. The highest BCUT2D eigenvalue weighted by Crippen LogP contribution is 2.30. The number of hydrogen-bond acceptors (Lipinski definition) is 9. The van der Waals surface area contributed by atoms with Crippen LogP contribution < -0.4 is 0 Å². The molecule has 196 valence electrons. The molecule has 1 heterocycles. The first-order valence-electron chi connectivity index (χ1n) is 11.7. The van der Waals surface area contributed by atoms with Gasteiger partial charge < -0.3 is 28.8 Å². The second-order valence-corrected chi connectivity index (χ2v) is 8.18. The van der Waals surface area contributed by atoms with Gasteiger partial charge >= 0.3 is 23.9 Å². The Bertz CT molecular complexity index is 1250. The van der Waals surface area contributed by atoms with Gasteiger partial charge in [0.15, 0.2) is 18.5 Å². The van der Waals surface area contributed by atoms with E-state index in [0.717, 1.165) is 0 Å². The minimum absolute atomic E-state index is 0.205. The van der Waals surface area contributed by atoms with Crippen LogP contribution in [0.1, 0.15) is 31.1 Å². The molecule has 1 saturated heterocycles. The van der Waals surface area contributed by atoms with Crippen LogP contribution in [0.3, 0.4) is 0 Å². The molecule has 3 aromatic rings. The number of ether oxygens (including phenoxy) is 5. The second-order valence-electron chi connectivity index (χ2n) is 8.18. The monoisotopic (exact) mass is 520 g/mol. The molecular weight excluding hydrogens is 496 g/mol. The maximum atomic E-state index is 12.9. The van der Waals surface area contributed by atoms with E-state index in [1.807, 2.05) is 0 Å². The smallest absolute Gasteiger partial charge is 0.338 e. The van der Waals surface area contributed by atoms with Crippen LogP contribution in [-0.2, 0) is 28.5 Å². The molecule has 4 atom stereocenters. The third kappa shape index (κ3) is 6.81. The Hall–Kier alpha value is -4.54. The van der Waals surface area contributed by atoms with Crippen LogP contribution in [0.25, 0.3) is 0 Å². The molecule has 10 heteroatoms. The Morgan fingerprint density at radius 2 is 1.11 bits per heavy atom. The van der Waals surface area contributed by atoms with E-state index >= 15 is 0 Å². The van der Waals surface area contributed by atoms with Gasteiger partial charge in [-0.25, -0.2) is 19.2 Å². The van der Waals surface area contributed by atoms with Crippen molar-refractivity contribution in [1.29, 1.82) is 0 Å². The highest BCUT2D eigenvalue weighted by molar-refractivity contribution is 5.91. The first-order valence-corrected chi connectivity index (χ1v) is 11.7. The molecule has 4 rings (SSSR count). The lowest BCUT2D eigenvalue weighted by atomic mass is 10.1. The van der Waals surface area contributed by atoms with Gasteiger partial charge in [0, 0.05) is 0 Å². The molecule has 0 spiro atoms. The number of carbonyl (C=O) groups excluding carboxylic acids is 3. The average molecular weight is 520 g/mol. The van der Waals surface area contributed by atoms with Crippen molar-refractivity contribution in [3.63, 3.8) is 0 Å². The first-order chi connectivity index (χ1) is 18.4. The Morgan fingerprint density at radius 1 is 0.658 bits per heavy atom. The zero-order valence-corrected chi connectivity index (χ0v) is 20.0. The zero-order valence-electron chi connectivity index (χ0n) is 20.0. The molecular formula is C28H24O10. The van der Waals surface area contributed by atoms with Gasteiger partial charge in [0.05, 0.1) is 16.7 Å². The van der Waals surface area contributed by atoms with Gasteiger partial charge in [-0.05, 0) is 36.4 Å². The van der Waals surface area contributed by atoms with Gasteiger partial charge in [0.25, 0.3) is 0 Å². The van der Waals surface area contributed by atoms with E-state index in [4.69, 9.17) is 28.8 Å². The molecule has 38 heavy (non-hydrogen) atoms. The van der Waals surface area contributed by atoms with Crippen LogP contribution in [-0.4, -0.2) is 66.8 Å². The van der Waals surface area contributed by atoms with Crippen molar-refractivity contribution in [1.82, 2.24) is 0 Å². The van der Waals surface area contributed by atoms with E-state index < -0.39 is 61.7 Å². The Morgan fingerprint density at radius 3 is 1.58 bits per heavy atom. The van der Waals surface area contributed by atoms with E-state index in [2.05, 4.69) is 0 Å². The van der Waals surface area contributed by atoms with E-state index in [1.165, 1.54) is 24.3 Å². The number of carboxylic acid groups (broad SMARTS) is 1. The maximum Gasteiger partial charge on any atom is 0.338 e. The van der Waals surface area contributed by atoms with E-state index in [1.54, 1.807) is 66.7 Å². The molecule has 0 aromatic heterocycles. The van der Waals surface area contributed by atoms with Crippen LogP contribution >= 0.6 is 0 Å². The lowest BCUT2D eigenvalue weighted by Gasteiger charge is -2.24. The molecule has 1 N–H and O–H groups in total. The molecule has 0 saturated carbocycles. The highest BCUT2D eigenvalue weighted by Gasteiger charge is 2.51. The fourth-order valence-electron chi connectivity index (χ4n) is 3.73. The van der Waals surface area contributed by atoms with Gasteiger partial charge in [-0.15, -0.1) is 0 Å². The molecule has 0 aliphatic carbocycles. The number of aliphatic carboxylic acids is 1. The fraction of sp³-hybridized carbons (Fsp3) is 0.214. The molecule has 1 fully saturated rings. The predicted octanol–water partition coefficient (Wildman–Crippen LogP) is 3.12. The zero-order chi connectivity index (χ0) is 26.9. The Labute approximate surface area is 217 Å². The molecule has 0 bridgehead atoms. The van der Waals surface area contributed by atoms with Crippen molar-refractivity contribution in [2.24, 2.45) is 0 Å². The fourth-order valence-corrected chi connectivity index (χ4v) is 3.73. The van der Waals surface area contributed by atoms with Crippen LogP contribution in [0.15, 0.2) is 91.0 Å². The number of hydrogen-bond donors (Lipinski definition) is 1. The van der Waals surface area contributed by atoms with E-state index in [9.17, 15) is 19.2 Å². The third-order valence-electron chi connectivity index (χ3n) is 5.53. The summed E-state index contributed by atoms with van der Waals surface area (Å²) in [5.74, 6) is -3.47. The largest absolute Gasteiger partial charge is 0.480 e. The number of carboxylic acids is 1. The summed E-state index contributed by atoms with van der Waals surface area (Å²) in [6.07, 6.45) is -5.22. The van der Waals surface area contributed by atoms with Gasteiger partial charge in [0.1, 0.15) is 19.3 Å². The number of benzene rings is 3. The topological polar surface area (TPSA) is 135 Å². The van der Waals surface area contributed by atoms with Gasteiger partial charge in [0.2, 0.25) is 0 Å². The predicted molar refractivity (Wildman–Crippen MR) is 130 cm³/mol. The molecule has 3 aromatic carbocycles. The normalized spacial score (nSPS) is 20.3. The summed E-state index contributed by atoms with van der Waals surface area (Å²) in [6, 6.07) is 24.3. The summed E-state index contributed by atoms with van der Waals surface area (Å²) < 4.78 is 27.8. The first kappa shape index (κ1) is 26.5. The van der Waals surface area contributed by atoms with Gasteiger partial charge in [-0.2, -0.15) is 0 Å². The number of carbonyl (C=O) groups is 4. The standard InChI is InChI=1S/C28H24O10/c29-22(30)17-35-28-24(38-27(33)20-14-8-3-9-15-20)23(37-26(32)19-12-6-2-7-13-19)21(36-28)16-34-25(31)18-10-4-1-5-11-18/h1-15,21,23-24,28H,16-17H2,(H,29,30)/t21-,23-,24-,28+/m1/s1. The average Bonchev–Trinajstić information content (AvgIpc) is 3.27. The third-order valence-corrected chi connectivity index (χ3v) is 5.53. The van der Waals surface area contributed by atoms with Crippen LogP contribution in [0, 0.1) is 0 Å². The molecule has 0 unspecified atom stereocenters. The van der Waals surface area contributed by atoms with E-state index in [0.29, 0.717) is 0 Å². The summed E-state index contributed by atoms with van der Waals surface area (Å²) in [5.41, 5.74) is 0.709. The van der Waals surface area contributed by atoms with Crippen molar-refractivity contribution in [2.75, 3.05) is 13.2 Å². The molecule has 1 aliphatic rings. The number of esters is 3. The van der Waals surface area contributed by atoms with Crippen LogP contribution in [0.2, 0.25) is 0 Å². The number of rotatable bonds is 10. The van der Waals surface area contributed by atoms with Crippen molar-refractivity contribution in [2.45, 2.75) is 24.6 Å². The van der Waals surface area contributed by atoms with Gasteiger partial charge in [-0.1, -0.05) is 54.6 Å². The summed E-state index contributed by atoms with van der Waals surface area (Å²) in [4.78, 5) is 49.5. The van der Waals surface area contributed by atoms with Crippen LogP contribution in [0.4, 0.5) is 0 Å². The molecule has 1 aliphatic heterocycles. The summed E-state index contributed by atoms with van der Waals surface area (Å²) in [5, 5.41) is 9.11. The van der Waals surface area contributed by atoms with E-state index in [-0.39, 0.29) is 16.7 Å². The second kappa shape index (κ2) is 12.6. The Kier molecular flexibility index (Phi) is 8.81. The van der Waals surface area contributed by atoms with Gasteiger partial charge in [-0.3, -0.25) is 0 Å². The summed E-state index contributed by atoms with van der Waals surface area (Å²) >= 11 is 0. The minimum atomic E-state index is -1.42. The lowest BCUT2D eigenvalue weighted by Crippen LogP contribution is -2.42. The summed E-state index contributed by atoms with van der Waals surface area (Å²) in [6.45, 7) is -1.17. The van der Waals surface area contributed by atoms with Crippen molar-refractivity contribution in [3.05, 3.63) is 108 Å². The van der Waals surface area contributed by atoms with Crippen LogP contribution in [0.5, 0.6) is 0 Å². The maximum absolute atomic E-state index is 12.9. The molecule has 0 amide bonds. The molecule has 10 nitrogen and oxygen atoms in total. The lowest BCUT2D eigenvalue weighted by molar-refractivity contribution is -0.182.